The largest absolute Gasteiger partial charge is 0.468 e. The van der Waals surface area contributed by atoms with Crippen molar-refractivity contribution < 1.29 is 4.42 Å². The highest BCUT2D eigenvalue weighted by Gasteiger charge is 2.21. The van der Waals surface area contributed by atoms with Crippen molar-refractivity contribution in [2.75, 3.05) is 25.0 Å². The van der Waals surface area contributed by atoms with E-state index in [0.29, 0.717) is 5.92 Å². The number of hydrogen-bond acceptors (Lipinski definition) is 3. The van der Waals surface area contributed by atoms with Gasteiger partial charge < -0.3 is 9.73 Å². The summed E-state index contributed by atoms with van der Waals surface area (Å²) >= 11 is 0. The summed E-state index contributed by atoms with van der Waals surface area (Å²) in [6.07, 6.45) is 2.95. The lowest BCUT2D eigenvalue weighted by molar-refractivity contribution is 0.236. The monoisotopic (exact) mass is 270 g/mol. The normalized spacial score (nSPS) is 17.8. The van der Waals surface area contributed by atoms with Crippen LogP contribution >= 0.6 is 0 Å². The third kappa shape index (κ3) is 2.88. The Balaban J connectivity index is 1.70. The van der Waals surface area contributed by atoms with Crippen LogP contribution < -0.4 is 5.32 Å². The van der Waals surface area contributed by atoms with Gasteiger partial charge in [0.15, 0.2) is 0 Å². The number of hydrogen-bond donors (Lipinski definition) is 1. The van der Waals surface area contributed by atoms with Crippen molar-refractivity contribution in [1.29, 1.82) is 0 Å². The number of nitrogens with zero attached hydrogens (tertiary/aromatic N) is 1. The van der Waals surface area contributed by atoms with Crippen LogP contribution in [-0.4, -0.2) is 24.5 Å². The highest BCUT2D eigenvalue weighted by Crippen LogP contribution is 2.32. The van der Waals surface area contributed by atoms with E-state index in [1.165, 1.54) is 17.7 Å². The summed E-state index contributed by atoms with van der Waals surface area (Å²) in [4.78, 5) is 2.46. The van der Waals surface area contributed by atoms with Gasteiger partial charge in [-0.2, -0.15) is 0 Å². The number of rotatable bonds is 5. The minimum absolute atomic E-state index is 0.613. The summed E-state index contributed by atoms with van der Waals surface area (Å²) in [5.74, 6) is 1.66. The van der Waals surface area contributed by atoms with Crippen molar-refractivity contribution in [3.05, 3.63) is 54.0 Å². The van der Waals surface area contributed by atoms with E-state index >= 15 is 0 Å². The quantitative estimate of drug-likeness (QED) is 0.898. The Hall–Kier alpha value is -1.74. The maximum atomic E-state index is 5.47. The van der Waals surface area contributed by atoms with E-state index in [0.717, 1.165) is 31.9 Å². The zero-order valence-corrected chi connectivity index (χ0v) is 12.0. The van der Waals surface area contributed by atoms with Gasteiger partial charge in [0.1, 0.15) is 5.76 Å². The lowest BCUT2D eigenvalue weighted by Crippen LogP contribution is -2.31. The molecule has 0 bridgehead atoms. The van der Waals surface area contributed by atoms with Crippen LogP contribution in [0, 0.1) is 0 Å². The highest BCUT2D eigenvalue weighted by molar-refractivity contribution is 5.54. The molecule has 0 saturated carbocycles. The van der Waals surface area contributed by atoms with Crippen molar-refractivity contribution in [3.63, 3.8) is 0 Å². The first-order chi connectivity index (χ1) is 9.86. The molecule has 1 aliphatic rings. The van der Waals surface area contributed by atoms with E-state index < -0.39 is 0 Å². The molecular weight excluding hydrogens is 248 g/mol. The molecule has 0 spiro atoms. The van der Waals surface area contributed by atoms with Crippen molar-refractivity contribution >= 4 is 5.69 Å². The number of nitrogens with one attached hydrogen (secondary N) is 1. The Morgan fingerprint density at radius 1 is 1.25 bits per heavy atom. The molecule has 1 aromatic carbocycles. The molecule has 0 fully saturated rings. The Bertz CT molecular complexity index is 536. The Labute approximate surface area is 120 Å². The molecule has 0 saturated heterocycles. The molecule has 3 rings (SSSR count). The summed E-state index contributed by atoms with van der Waals surface area (Å²) in [6, 6.07) is 12.7. The number of fused-ring (bicyclic) bond motifs is 1. The van der Waals surface area contributed by atoms with Gasteiger partial charge in [0.2, 0.25) is 0 Å². The molecule has 106 valence electrons. The van der Waals surface area contributed by atoms with Gasteiger partial charge in [-0.1, -0.05) is 25.1 Å². The fourth-order valence-corrected chi connectivity index (χ4v) is 2.98. The van der Waals surface area contributed by atoms with Crippen LogP contribution in [0.1, 0.15) is 30.6 Å². The van der Waals surface area contributed by atoms with E-state index in [2.05, 4.69) is 47.5 Å². The predicted octanol–water partition coefficient (Wildman–Crippen LogP) is 3.70. The molecule has 2 aromatic rings. The van der Waals surface area contributed by atoms with E-state index in [1.807, 2.05) is 6.07 Å². The molecular formula is C17H22N2O. The van der Waals surface area contributed by atoms with Gasteiger partial charge in [-0.3, -0.25) is 4.90 Å². The average Bonchev–Trinajstić information content (AvgIpc) is 3.00. The van der Waals surface area contributed by atoms with Crippen LogP contribution in [0.3, 0.4) is 0 Å². The minimum Gasteiger partial charge on any atom is -0.468 e. The highest BCUT2D eigenvalue weighted by atomic mass is 16.3. The molecule has 0 radical (unpaired) electrons. The third-order valence-electron chi connectivity index (χ3n) is 4.09. The van der Waals surface area contributed by atoms with Gasteiger partial charge in [0.25, 0.3) is 0 Å². The first-order valence-corrected chi connectivity index (χ1v) is 7.44. The number of para-hydroxylation sites is 1. The Kier molecular flexibility index (Phi) is 4.07. The second-order valence-corrected chi connectivity index (χ2v) is 5.41. The third-order valence-corrected chi connectivity index (χ3v) is 4.09. The molecule has 0 aliphatic carbocycles. The second kappa shape index (κ2) is 6.14. The van der Waals surface area contributed by atoms with Gasteiger partial charge in [-0.15, -0.1) is 0 Å². The van der Waals surface area contributed by atoms with Gasteiger partial charge in [0, 0.05) is 24.7 Å². The standard InChI is InChI=1S/C17H22N2O/c1-2-19(13-15-6-5-11-20-15)12-14-9-10-18-17-8-4-3-7-16(14)17/h3-8,11,14,18H,2,9-10,12-13H2,1H3. The minimum atomic E-state index is 0.613. The maximum absolute atomic E-state index is 5.47. The Morgan fingerprint density at radius 3 is 2.95 bits per heavy atom. The van der Waals surface area contributed by atoms with E-state index in [-0.39, 0.29) is 0 Å². The molecule has 1 aliphatic heterocycles. The molecule has 1 unspecified atom stereocenters. The van der Waals surface area contributed by atoms with E-state index in [4.69, 9.17) is 4.42 Å². The summed E-state index contributed by atoms with van der Waals surface area (Å²) in [7, 11) is 0. The zero-order valence-electron chi connectivity index (χ0n) is 12.0. The summed E-state index contributed by atoms with van der Waals surface area (Å²) in [5.41, 5.74) is 2.76. The lowest BCUT2D eigenvalue weighted by atomic mass is 9.90. The smallest absolute Gasteiger partial charge is 0.117 e. The van der Waals surface area contributed by atoms with E-state index in [9.17, 15) is 0 Å². The lowest BCUT2D eigenvalue weighted by Gasteiger charge is -2.31. The van der Waals surface area contributed by atoms with Crippen LogP contribution in [0.25, 0.3) is 0 Å². The molecule has 3 heteroatoms. The summed E-state index contributed by atoms with van der Waals surface area (Å²) in [6.45, 7) is 6.33. The van der Waals surface area contributed by atoms with Crippen LogP contribution in [0.15, 0.2) is 47.1 Å². The second-order valence-electron chi connectivity index (χ2n) is 5.41. The van der Waals surface area contributed by atoms with Gasteiger partial charge in [-0.25, -0.2) is 0 Å². The first-order valence-electron chi connectivity index (χ1n) is 7.44. The van der Waals surface area contributed by atoms with Crippen molar-refractivity contribution in [3.8, 4) is 0 Å². The van der Waals surface area contributed by atoms with Crippen LogP contribution in [0.5, 0.6) is 0 Å². The topological polar surface area (TPSA) is 28.4 Å². The fourth-order valence-electron chi connectivity index (χ4n) is 2.98. The van der Waals surface area contributed by atoms with Crippen LogP contribution in [0.4, 0.5) is 5.69 Å². The summed E-state index contributed by atoms with van der Waals surface area (Å²) < 4.78 is 5.47. The van der Waals surface area contributed by atoms with Gasteiger partial charge in [-0.05, 0) is 36.7 Å². The van der Waals surface area contributed by atoms with Crippen molar-refractivity contribution in [2.24, 2.45) is 0 Å². The Morgan fingerprint density at radius 2 is 2.15 bits per heavy atom. The number of benzene rings is 1. The zero-order chi connectivity index (χ0) is 13.8. The molecule has 1 atom stereocenters. The number of likely N-dealkylation sites (N-methyl/N-ethyl adjacent to an activating group) is 1. The van der Waals surface area contributed by atoms with Gasteiger partial charge in [0.05, 0.1) is 12.8 Å². The van der Waals surface area contributed by atoms with Gasteiger partial charge >= 0.3 is 0 Å². The molecule has 1 N–H and O–H groups in total. The van der Waals surface area contributed by atoms with Crippen molar-refractivity contribution in [1.82, 2.24) is 4.90 Å². The first kappa shape index (κ1) is 13.3. The van der Waals surface area contributed by atoms with Crippen molar-refractivity contribution in [2.45, 2.75) is 25.8 Å². The molecule has 2 heterocycles. The average molecular weight is 270 g/mol. The molecule has 1 aromatic heterocycles. The molecule has 20 heavy (non-hydrogen) atoms. The SMILES string of the molecule is CCN(Cc1ccco1)CC1CCNc2ccccc21. The summed E-state index contributed by atoms with van der Waals surface area (Å²) in [5, 5.41) is 3.49. The van der Waals surface area contributed by atoms with E-state index in [1.54, 1.807) is 6.26 Å². The fraction of sp³-hybridized carbons (Fsp3) is 0.412. The predicted molar refractivity (Wildman–Crippen MR) is 81.9 cm³/mol. The molecule has 0 amide bonds. The maximum Gasteiger partial charge on any atom is 0.117 e. The van der Waals surface area contributed by atoms with Crippen LogP contribution in [-0.2, 0) is 6.54 Å². The molecule has 3 nitrogen and oxygen atoms in total. The number of furan rings is 1. The van der Waals surface area contributed by atoms with Crippen LogP contribution in [0.2, 0.25) is 0 Å². The number of anilines is 1.